The van der Waals surface area contributed by atoms with Crippen molar-refractivity contribution in [3.8, 4) is 16.9 Å². The molecule has 5 aromatic rings. The number of imide groups is 1. The first-order valence-electron chi connectivity index (χ1n) is 19.5. The fourth-order valence-corrected chi connectivity index (χ4v) is 9.62. The van der Waals surface area contributed by atoms with Gasteiger partial charge in [0.05, 0.1) is 17.9 Å². The SMILES string of the molecule is O=C1CC[C@@H](N2Cc3cc(N4CC[C@@H](COc5ccc(-c6cnc7[nH]cc(C(=O)c8c(F)ccc(NS(=O)(=O)N9CC[C@@H](F)C9)c8F)c7c6)cc5)C4)ccc3C2=O)C(=O)N1. The topological polar surface area (TPSA) is 174 Å². The summed E-state index contributed by atoms with van der Waals surface area (Å²) in [5.74, 6) is -3.71. The Balaban J connectivity index is 0.837. The number of carbonyl (C=O) groups excluding carboxylic acids is 4. The maximum Gasteiger partial charge on any atom is 0.301 e. The molecule has 3 atom stereocenters. The number of aromatic nitrogens is 2. The molecule has 0 saturated carbocycles. The van der Waals surface area contributed by atoms with Crippen LogP contribution >= 0.6 is 0 Å². The van der Waals surface area contributed by atoms with Crippen molar-refractivity contribution in [2.75, 3.05) is 42.4 Å². The molecular formula is C42H38F3N7O7S. The number of pyridine rings is 1. The summed E-state index contributed by atoms with van der Waals surface area (Å²) < 4.78 is 79.0. The van der Waals surface area contributed by atoms with Crippen molar-refractivity contribution in [2.45, 2.75) is 44.4 Å². The Bertz CT molecular complexity index is 2690. The van der Waals surface area contributed by atoms with Crippen LogP contribution in [0.2, 0.25) is 0 Å². The summed E-state index contributed by atoms with van der Waals surface area (Å²) in [6.45, 7) is 1.83. The molecule has 0 aliphatic carbocycles. The summed E-state index contributed by atoms with van der Waals surface area (Å²) in [6, 6.07) is 15.7. The van der Waals surface area contributed by atoms with Crippen molar-refractivity contribution < 1.29 is 45.5 Å². The largest absolute Gasteiger partial charge is 0.493 e. The predicted octanol–water partition coefficient (Wildman–Crippen LogP) is 5.11. The average molecular weight is 842 g/mol. The molecule has 9 rings (SSSR count). The van der Waals surface area contributed by atoms with E-state index >= 15 is 8.78 Å². The van der Waals surface area contributed by atoms with Crippen molar-refractivity contribution in [1.82, 2.24) is 24.5 Å². The van der Waals surface area contributed by atoms with E-state index < -0.39 is 63.5 Å². The Kier molecular flexibility index (Phi) is 10.1. The van der Waals surface area contributed by atoms with Gasteiger partial charge in [-0.3, -0.25) is 29.2 Å². The lowest BCUT2D eigenvalue weighted by Gasteiger charge is -2.29. The number of hydrogen-bond donors (Lipinski definition) is 3. The van der Waals surface area contributed by atoms with Gasteiger partial charge in [0.2, 0.25) is 17.6 Å². The first-order chi connectivity index (χ1) is 28.8. The number of hydrogen-bond acceptors (Lipinski definition) is 9. The molecule has 6 heterocycles. The lowest BCUT2D eigenvalue weighted by molar-refractivity contribution is -0.136. The lowest BCUT2D eigenvalue weighted by Crippen LogP contribution is -2.52. The van der Waals surface area contributed by atoms with Crippen LogP contribution in [0.5, 0.6) is 5.75 Å². The zero-order chi connectivity index (χ0) is 41.9. The monoisotopic (exact) mass is 841 g/mol. The molecular weight excluding hydrogens is 804 g/mol. The van der Waals surface area contributed by atoms with E-state index in [-0.39, 0.29) is 42.7 Å². The van der Waals surface area contributed by atoms with Gasteiger partial charge < -0.3 is 19.5 Å². The molecule has 310 valence electrons. The van der Waals surface area contributed by atoms with E-state index in [4.69, 9.17) is 4.74 Å². The molecule has 0 radical (unpaired) electrons. The Hall–Kier alpha value is -6.27. The van der Waals surface area contributed by atoms with Gasteiger partial charge in [0, 0.05) is 85.2 Å². The van der Waals surface area contributed by atoms with Crippen LogP contribution in [0, 0.1) is 17.6 Å². The number of fused-ring (bicyclic) bond motifs is 2. The number of anilines is 2. The first kappa shape index (κ1) is 39.2. The summed E-state index contributed by atoms with van der Waals surface area (Å²) in [7, 11) is -4.36. The van der Waals surface area contributed by atoms with Crippen LogP contribution in [0.1, 0.15) is 57.5 Å². The third kappa shape index (κ3) is 7.33. The Labute approximate surface area is 341 Å². The number of nitrogens with zero attached hydrogens (tertiary/aromatic N) is 4. The van der Waals surface area contributed by atoms with E-state index in [0.29, 0.717) is 47.5 Å². The molecule has 0 spiro atoms. The van der Waals surface area contributed by atoms with Crippen LogP contribution in [0.25, 0.3) is 22.2 Å². The van der Waals surface area contributed by atoms with E-state index in [1.165, 1.54) is 6.20 Å². The summed E-state index contributed by atoms with van der Waals surface area (Å²) >= 11 is 0. The van der Waals surface area contributed by atoms with Gasteiger partial charge in [-0.05, 0) is 78.9 Å². The molecule has 0 unspecified atom stereocenters. The van der Waals surface area contributed by atoms with Crippen LogP contribution in [0.15, 0.2) is 73.1 Å². The predicted molar refractivity (Wildman–Crippen MR) is 213 cm³/mol. The second-order valence-electron chi connectivity index (χ2n) is 15.5. The van der Waals surface area contributed by atoms with Gasteiger partial charge in [0.1, 0.15) is 29.4 Å². The Morgan fingerprint density at radius 2 is 1.77 bits per heavy atom. The van der Waals surface area contributed by atoms with E-state index in [1.54, 1.807) is 23.2 Å². The van der Waals surface area contributed by atoms with Crippen molar-refractivity contribution in [3.63, 3.8) is 0 Å². The fraction of sp³-hybridized carbons (Fsp3) is 0.310. The normalized spacial score (nSPS) is 20.9. The summed E-state index contributed by atoms with van der Waals surface area (Å²) in [4.78, 5) is 61.9. The molecule has 2 aromatic heterocycles. The molecule has 60 heavy (non-hydrogen) atoms. The highest BCUT2D eigenvalue weighted by Gasteiger charge is 2.40. The van der Waals surface area contributed by atoms with Gasteiger partial charge in [-0.1, -0.05) is 12.1 Å². The maximum absolute atomic E-state index is 15.7. The third-order valence-corrected chi connectivity index (χ3v) is 13.1. The minimum Gasteiger partial charge on any atom is -0.493 e. The van der Waals surface area contributed by atoms with Crippen molar-refractivity contribution in [2.24, 2.45) is 5.92 Å². The van der Waals surface area contributed by atoms with E-state index in [1.807, 2.05) is 41.1 Å². The van der Waals surface area contributed by atoms with Gasteiger partial charge in [0.25, 0.3) is 5.91 Å². The van der Waals surface area contributed by atoms with Gasteiger partial charge in [-0.2, -0.15) is 12.7 Å². The molecule has 4 aliphatic rings. The van der Waals surface area contributed by atoms with E-state index in [0.717, 1.165) is 52.8 Å². The van der Waals surface area contributed by atoms with Crippen molar-refractivity contribution in [1.29, 1.82) is 0 Å². The smallest absolute Gasteiger partial charge is 0.301 e. The molecule has 0 bridgehead atoms. The number of piperidine rings is 1. The molecule has 3 fully saturated rings. The summed E-state index contributed by atoms with van der Waals surface area (Å²) in [6.07, 6.45) is 2.92. The number of alkyl halides is 1. The number of aromatic amines is 1. The molecule has 3 amide bonds. The second-order valence-corrected chi connectivity index (χ2v) is 17.1. The van der Waals surface area contributed by atoms with Gasteiger partial charge in [-0.25, -0.2) is 18.2 Å². The van der Waals surface area contributed by atoms with Crippen LogP contribution in [0.3, 0.4) is 0 Å². The van der Waals surface area contributed by atoms with E-state index in [9.17, 15) is 32.0 Å². The second kappa shape index (κ2) is 15.4. The first-order valence-corrected chi connectivity index (χ1v) is 20.9. The summed E-state index contributed by atoms with van der Waals surface area (Å²) in [5, 5.41) is 2.62. The fourth-order valence-electron chi connectivity index (χ4n) is 8.35. The zero-order valence-corrected chi connectivity index (χ0v) is 32.7. The number of nitrogens with one attached hydrogen (secondary N) is 3. The minimum absolute atomic E-state index is 0.00576. The number of ether oxygens (including phenoxy) is 1. The lowest BCUT2D eigenvalue weighted by atomic mass is 10.00. The molecule has 3 saturated heterocycles. The molecule has 3 aromatic carbocycles. The number of H-pyrrole nitrogens is 1. The van der Waals surface area contributed by atoms with Gasteiger partial charge in [0.15, 0.2) is 5.82 Å². The van der Waals surface area contributed by atoms with Crippen molar-refractivity contribution in [3.05, 3.63) is 107 Å². The van der Waals surface area contributed by atoms with Crippen LogP contribution in [-0.2, 0) is 26.3 Å². The molecule has 14 nitrogen and oxygen atoms in total. The minimum atomic E-state index is -4.36. The van der Waals surface area contributed by atoms with E-state index in [2.05, 4.69) is 20.2 Å². The Morgan fingerprint density at radius 1 is 0.950 bits per heavy atom. The quantitative estimate of drug-likeness (QED) is 0.121. The van der Waals surface area contributed by atoms with Crippen LogP contribution < -0.4 is 19.7 Å². The van der Waals surface area contributed by atoms with Crippen LogP contribution in [0.4, 0.5) is 24.5 Å². The number of ketones is 1. The third-order valence-electron chi connectivity index (χ3n) is 11.6. The number of benzene rings is 3. The van der Waals surface area contributed by atoms with Gasteiger partial charge >= 0.3 is 10.2 Å². The molecule has 3 N–H and O–H groups in total. The molecule has 4 aliphatic heterocycles. The highest BCUT2D eigenvalue weighted by Crippen LogP contribution is 2.34. The van der Waals surface area contributed by atoms with Gasteiger partial charge in [-0.15, -0.1) is 0 Å². The Morgan fingerprint density at radius 3 is 2.53 bits per heavy atom. The standard InChI is InChI=1S/C42H38F3N7O7S/c43-27-12-14-51(21-27)60(57,58)49-34-8-7-33(44)37(38(34)45)39(54)32-18-47-40-31(32)16-25(17-46-40)24-1-4-29(5-2-24)59-22-23-11-13-50(19-23)28-3-6-30-26(15-28)20-52(42(30)56)35-9-10-36(53)48-41(35)55/h1-8,15-18,23,27,35,49H,9-14,19-22H2,(H,46,47)(H,48,53,55)/t23-,27-,35-/m1/s1. The number of halogens is 3. The number of amides is 3. The summed E-state index contributed by atoms with van der Waals surface area (Å²) in [5.41, 5.74) is 2.37. The highest BCUT2D eigenvalue weighted by molar-refractivity contribution is 7.90. The van der Waals surface area contributed by atoms with Crippen molar-refractivity contribution >= 4 is 56.1 Å². The zero-order valence-electron chi connectivity index (χ0n) is 31.9. The average Bonchev–Trinajstić information content (AvgIpc) is 4.05. The number of carbonyl (C=O) groups is 4. The van der Waals surface area contributed by atoms with Crippen LogP contribution in [-0.4, -0.2) is 96.1 Å². The molecule has 18 heteroatoms. The highest BCUT2D eigenvalue weighted by atomic mass is 32.2. The maximum atomic E-state index is 15.7. The number of rotatable bonds is 11.